The molecule has 0 saturated heterocycles. The van der Waals surface area contributed by atoms with Gasteiger partial charge in [-0.1, -0.05) is 15.9 Å². The second kappa shape index (κ2) is 6.77. The highest BCUT2D eigenvalue weighted by atomic mass is 79.9. The highest BCUT2D eigenvalue weighted by Crippen LogP contribution is 2.35. The molecule has 0 atom stereocenters. The third-order valence-corrected chi connectivity index (χ3v) is 3.66. The molecule has 1 N–H and O–H groups in total. The zero-order valence-electron chi connectivity index (χ0n) is 10.8. The smallest absolute Gasteiger partial charge is 0.182 e. The molecule has 2 rings (SSSR count). The first-order chi connectivity index (χ1) is 9.24. The number of rotatable bonds is 6. The predicted octanol–water partition coefficient (Wildman–Crippen LogP) is 3.93. The molecule has 19 heavy (non-hydrogen) atoms. The van der Waals surface area contributed by atoms with Gasteiger partial charge in [-0.05, 0) is 19.1 Å². The molecule has 0 aliphatic carbocycles. The van der Waals surface area contributed by atoms with E-state index in [4.69, 9.17) is 9.47 Å². The van der Waals surface area contributed by atoms with Gasteiger partial charge in [-0.3, -0.25) is 0 Å². The fourth-order valence-electron chi connectivity index (χ4n) is 1.70. The zero-order valence-corrected chi connectivity index (χ0v) is 13.2. The van der Waals surface area contributed by atoms with Crippen molar-refractivity contribution in [1.29, 1.82) is 0 Å². The molecule has 102 valence electrons. The summed E-state index contributed by atoms with van der Waals surface area (Å²) in [6, 6.07) is 3.92. The standard InChI is InChI=1S/C13H15BrN2O2S/c1-3-18-12-9(6-10(14)7-11(12)17-2)8-16-13-15-4-5-19-13/h4-7H,3,8H2,1-2H3,(H,15,16). The molecule has 0 saturated carbocycles. The lowest BCUT2D eigenvalue weighted by Gasteiger charge is -2.15. The maximum atomic E-state index is 5.68. The Labute approximate surface area is 124 Å². The van der Waals surface area contributed by atoms with Crippen molar-refractivity contribution in [2.24, 2.45) is 0 Å². The van der Waals surface area contributed by atoms with Gasteiger partial charge in [-0.25, -0.2) is 4.98 Å². The summed E-state index contributed by atoms with van der Waals surface area (Å²) < 4.78 is 12.0. The summed E-state index contributed by atoms with van der Waals surface area (Å²) in [5, 5.41) is 6.10. The van der Waals surface area contributed by atoms with Crippen molar-refractivity contribution >= 4 is 32.4 Å². The van der Waals surface area contributed by atoms with E-state index in [1.165, 1.54) is 0 Å². The number of ether oxygens (including phenoxy) is 2. The molecule has 0 aliphatic rings. The highest BCUT2D eigenvalue weighted by Gasteiger charge is 2.12. The Morgan fingerprint density at radius 1 is 1.42 bits per heavy atom. The van der Waals surface area contributed by atoms with Gasteiger partial charge in [0.05, 0.1) is 13.7 Å². The van der Waals surface area contributed by atoms with E-state index in [0.29, 0.717) is 13.2 Å². The van der Waals surface area contributed by atoms with Crippen LogP contribution in [0.1, 0.15) is 12.5 Å². The monoisotopic (exact) mass is 342 g/mol. The minimum atomic E-state index is 0.599. The van der Waals surface area contributed by atoms with Crippen LogP contribution in [0, 0.1) is 0 Å². The van der Waals surface area contributed by atoms with Gasteiger partial charge in [0.15, 0.2) is 16.6 Å². The minimum absolute atomic E-state index is 0.599. The van der Waals surface area contributed by atoms with Crippen LogP contribution in [0.4, 0.5) is 5.13 Å². The van der Waals surface area contributed by atoms with Crippen LogP contribution in [-0.4, -0.2) is 18.7 Å². The van der Waals surface area contributed by atoms with Crippen molar-refractivity contribution in [2.75, 3.05) is 19.0 Å². The number of nitrogens with one attached hydrogen (secondary N) is 1. The van der Waals surface area contributed by atoms with Crippen LogP contribution >= 0.6 is 27.3 Å². The minimum Gasteiger partial charge on any atom is -0.493 e. The van der Waals surface area contributed by atoms with Crippen LogP contribution in [0.15, 0.2) is 28.2 Å². The molecular weight excluding hydrogens is 328 g/mol. The Balaban J connectivity index is 2.23. The van der Waals surface area contributed by atoms with Gasteiger partial charge < -0.3 is 14.8 Å². The van der Waals surface area contributed by atoms with Crippen LogP contribution in [0.3, 0.4) is 0 Å². The average molecular weight is 343 g/mol. The van der Waals surface area contributed by atoms with Gasteiger partial charge in [0.1, 0.15) is 0 Å². The topological polar surface area (TPSA) is 43.4 Å². The number of hydrogen-bond acceptors (Lipinski definition) is 5. The molecule has 1 heterocycles. The fraction of sp³-hybridized carbons (Fsp3) is 0.308. The van der Waals surface area contributed by atoms with Crippen LogP contribution in [0.5, 0.6) is 11.5 Å². The maximum Gasteiger partial charge on any atom is 0.182 e. The van der Waals surface area contributed by atoms with Crippen LogP contribution in [-0.2, 0) is 6.54 Å². The summed E-state index contributed by atoms with van der Waals surface area (Å²) in [4.78, 5) is 4.20. The number of nitrogens with zero attached hydrogens (tertiary/aromatic N) is 1. The molecule has 0 spiro atoms. The van der Waals surface area contributed by atoms with E-state index >= 15 is 0 Å². The van der Waals surface area contributed by atoms with Crippen molar-refractivity contribution in [3.05, 3.63) is 33.7 Å². The molecular formula is C13H15BrN2O2S. The van der Waals surface area contributed by atoms with E-state index in [2.05, 4.69) is 26.2 Å². The number of methoxy groups -OCH3 is 1. The first kappa shape index (κ1) is 14.1. The number of halogens is 1. The summed E-state index contributed by atoms with van der Waals surface area (Å²) in [6.07, 6.45) is 1.78. The summed E-state index contributed by atoms with van der Waals surface area (Å²) in [6.45, 7) is 3.19. The number of anilines is 1. The highest BCUT2D eigenvalue weighted by molar-refractivity contribution is 9.10. The predicted molar refractivity (Wildman–Crippen MR) is 81.3 cm³/mol. The van der Waals surface area contributed by atoms with Crippen molar-refractivity contribution in [1.82, 2.24) is 4.98 Å². The van der Waals surface area contributed by atoms with E-state index in [1.54, 1.807) is 24.6 Å². The number of benzene rings is 1. The molecule has 0 amide bonds. The van der Waals surface area contributed by atoms with Gasteiger partial charge in [0.25, 0.3) is 0 Å². The lowest BCUT2D eigenvalue weighted by molar-refractivity contribution is 0.308. The quantitative estimate of drug-likeness (QED) is 0.863. The summed E-state index contributed by atoms with van der Waals surface area (Å²) in [5.41, 5.74) is 1.03. The van der Waals surface area contributed by atoms with Crippen molar-refractivity contribution in [2.45, 2.75) is 13.5 Å². The Morgan fingerprint density at radius 3 is 2.89 bits per heavy atom. The average Bonchev–Trinajstić information content (AvgIpc) is 2.91. The summed E-state index contributed by atoms with van der Waals surface area (Å²) in [7, 11) is 1.64. The molecule has 0 radical (unpaired) electrons. The molecule has 0 aliphatic heterocycles. The van der Waals surface area contributed by atoms with Crippen molar-refractivity contribution in [3.63, 3.8) is 0 Å². The number of thiazole rings is 1. The largest absolute Gasteiger partial charge is 0.493 e. The Morgan fingerprint density at radius 2 is 2.26 bits per heavy atom. The van der Waals surface area contributed by atoms with Crippen LogP contribution in [0.2, 0.25) is 0 Å². The second-order valence-corrected chi connectivity index (χ2v) is 5.53. The lowest BCUT2D eigenvalue weighted by Crippen LogP contribution is -2.05. The van der Waals surface area contributed by atoms with Gasteiger partial charge in [-0.15, -0.1) is 11.3 Å². The normalized spacial score (nSPS) is 10.3. The molecule has 6 heteroatoms. The first-order valence-corrected chi connectivity index (χ1v) is 7.54. The second-order valence-electron chi connectivity index (χ2n) is 3.72. The maximum absolute atomic E-state index is 5.68. The van der Waals surface area contributed by atoms with Gasteiger partial charge >= 0.3 is 0 Å². The third-order valence-electron chi connectivity index (χ3n) is 2.47. The third kappa shape index (κ3) is 3.61. The molecule has 0 unspecified atom stereocenters. The number of hydrogen-bond donors (Lipinski definition) is 1. The Bertz CT molecular complexity index is 532. The van der Waals surface area contributed by atoms with Gasteiger partial charge in [-0.2, -0.15) is 0 Å². The van der Waals surface area contributed by atoms with Crippen LogP contribution in [0.25, 0.3) is 0 Å². The molecule has 1 aromatic carbocycles. The Kier molecular flexibility index (Phi) is 5.04. The lowest BCUT2D eigenvalue weighted by atomic mass is 10.2. The fourth-order valence-corrected chi connectivity index (χ4v) is 2.71. The van der Waals surface area contributed by atoms with E-state index in [0.717, 1.165) is 26.7 Å². The van der Waals surface area contributed by atoms with E-state index in [1.807, 2.05) is 24.4 Å². The Hall–Kier alpha value is -1.27. The van der Waals surface area contributed by atoms with Crippen molar-refractivity contribution in [3.8, 4) is 11.5 Å². The molecule has 0 fully saturated rings. The summed E-state index contributed by atoms with van der Waals surface area (Å²) in [5.74, 6) is 1.50. The molecule has 1 aromatic heterocycles. The summed E-state index contributed by atoms with van der Waals surface area (Å²) >= 11 is 5.05. The molecule has 4 nitrogen and oxygen atoms in total. The SMILES string of the molecule is CCOc1c(CNc2nccs2)cc(Br)cc1OC. The number of aromatic nitrogens is 1. The molecule has 0 bridgehead atoms. The van der Waals surface area contributed by atoms with E-state index in [9.17, 15) is 0 Å². The molecule has 2 aromatic rings. The van der Waals surface area contributed by atoms with E-state index in [-0.39, 0.29) is 0 Å². The van der Waals surface area contributed by atoms with Crippen LogP contribution < -0.4 is 14.8 Å². The first-order valence-electron chi connectivity index (χ1n) is 5.87. The zero-order chi connectivity index (χ0) is 13.7. The van der Waals surface area contributed by atoms with Crippen molar-refractivity contribution < 1.29 is 9.47 Å². The van der Waals surface area contributed by atoms with Gasteiger partial charge in [0, 0.05) is 28.2 Å². The van der Waals surface area contributed by atoms with E-state index < -0.39 is 0 Å². The van der Waals surface area contributed by atoms with Gasteiger partial charge in [0.2, 0.25) is 0 Å².